The lowest BCUT2D eigenvalue weighted by molar-refractivity contribution is 0.143. The van der Waals surface area contributed by atoms with Crippen LogP contribution in [0.3, 0.4) is 0 Å². The van der Waals surface area contributed by atoms with Crippen molar-refractivity contribution < 1.29 is 8.85 Å². The maximum Gasteiger partial charge on any atom is 0.335 e. The molecule has 0 rings (SSSR count). The highest BCUT2D eigenvalue weighted by atomic mass is 28.4. The van der Waals surface area contributed by atoms with E-state index in [4.69, 9.17) is 8.85 Å². The second kappa shape index (κ2) is 14.9. The molecular formula is C22H51N3O2Si. The van der Waals surface area contributed by atoms with Crippen molar-refractivity contribution in [2.45, 2.75) is 65.0 Å². The smallest absolute Gasteiger partial charge is 0.335 e. The summed E-state index contributed by atoms with van der Waals surface area (Å²) in [6.45, 7) is 11.5. The van der Waals surface area contributed by atoms with Gasteiger partial charge in [-0.2, -0.15) is 0 Å². The Morgan fingerprint density at radius 1 is 0.643 bits per heavy atom. The molecule has 0 saturated heterocycles. The van der Waals surface area contributed by atoms with Gasteiger partial charge < -0.3 is 23.6 Å². The van der Waals surface area contributed by atoms with Crippen LogP contribution in [-0.4, -0.2) is 98.4 Å². The molecule has 0 bridgehead atoms. The first kappa shape index (κ1) is 28.0. The van der Waals surface area contributed by atoms with Gasteiger partial charge in [0, 0.05) is 13.2 Å². The predicted octanol–water partition coefficient (Wildman–Crippen LogP) is 4.14. The Kier molecular flexibility index (Phi) is 14.9. The van der Waals surface area contributed by atoms with Crippen molar-refractivity contribution in [3.8, 4) is 0 Å². The van der Waals surface area contributed by atoms with Crippen LogP contribution in [0.4, 0.5) is 0 Å². The van der Waals surface area contributed by atoms with Crippen LogP contribution in [0.25, 0.3) is 0 Å². The standard InChI is InChI=1S/C22H51N3O2Si/c1-10-26-28(9,27-11-2)21-22(15-12-18-23(3)4,16-13-19-24(5)6)17-14-20-25(7)8/h10-21H2,1-9H3. The molecule has 0 aliphatic rings. The van der Waals surface area contributed by atoms with Gasteiger partial charge in [0.1, 0.15) is 0 Å². The summed E-state index contributed by atoms with van der Waals surface area (Å²) in [6, 6.07) is 1.12. The van der Waals surface area contributed by atoms with E-state index in [2.05, 4.69) is 77.4 Å². The molecule has 0 atom stereocenters. The maximum atomic E-state index is 6.29. The van der Waals surface area contributed by atoms with Crippen molar-refractivity contribution in [2.24, 2.45) is 5.41 Å². The highest BCUT2D eigenvalue weighted by molar-refractivity contribution is 6.66. The van der Waals surface area contributed by atoms with Crippen LogP contribution in [0.1, 0.15) is 52.4 Å². The highest BCUT2D eigenvalue weighted by Crippen LogP contribution is 2.43. The van der Waals surface area contributed by atoms with E-state index >= 15 is 0 Å². The Morgan fingerprint density at radius 3 is 1.21 bits per heavy atom. The largest absolute Gasteiger partial charge is 0.395 e. The molecule has 0 aromatic heterocycles. The zero-order valence-corrected chi connectivity index (χ0v) is 21.6. The van der Waals surface area contributed by atoms with Crippen molar-refractivity contribution in [3.63, 3.8) is 0 Å². The summed E-state index contributed by atoms with van der Waals surface area (Å²) in [4.78, 5) is 6.93. The molecule has 5 nitrogen and oxygen atoms in total. The summed E-state index contributed by atoms with van der Waals surface area (Å²) in [6.07, 6.45) is 7.57. The van der Waals surface area contributed by atoms with E-state index < -0.39 is 8.56 Å². The van der Waals surface area contributed by atoms with Gasteiger partial charge in [0.05, 0.1) is 0 Å². The number of nitrogens with zero attached hydrogens (tertiary/aromatic N) is 3. The normalized spacial score (nSPS) is 13.3. The van der Waals surface area contributed by atoms with E-state index in [0.29, 0.717) is 5.41 Å². The van der Waals surface area contributed by atoms with Gasteiger partial charge in [-0.15, -0.1) is 0 Å². The molecular weight excluding hydrogens is 366 g/mol. The van der Waals surface area contributed by atoms with E-state index in [1.165, 1.54) is 38.5 Å². The number of hydrogen-bond acceptors (Lipinski definition) is 5. The van der Waals surface area contributed by atoms with Gasteiger partial charge >= 0.3 is 8.56 Å². The van der Waals surface area contributed by atoms with E-state index in [9.17, 15) is 0 Å². The summed E-state index contributed by atoms with van der Waals surface area (Å²) >= 11 is 0. The van der Waals surface area contributed by atoms with E-state index in [1.807, 2.05) is 0 Å². The molecule has 0 unspecified atom stereocenters. The van der Waals surface area contributed by atoms with Crippen molar-refractivity contribution >= 4 is 8.56 Å². The van der Waals surface area contributed by atoms with Gasteiger partial charge in [0.15, 0.2) is 0 Å². The Bertz CT molecular complexity index is 337. The Morgan fingerprint density at radius 2 is 0.964 bits per heavy atom. The summed E-state index contributed by atoms with van der Waals surface area (Å²) in [5.74, 6) is 0. The molecule has 6 heteroatoms. The van der Waals surface area contributed by atoms with E-state index in [1.54, 1.807) is 0 Å². The number of rotatable bonds is 18. The fourth-order valence-electron chi connectivity index (χ4n) is 4.39. The lowest BCUT2D eigenvalue weighted by atomic mass is 9.76. The first-order chi connectivity index (χ1) is 13.1. The van der Waals surface area contributed by atoms with Crippen molar-refractivity contribution in [1.82, 2.24) is 14.7 Å². The first-order valence-corrected chi connectivity index (χ1v) is 13.8. The Hall–Kier alpha value is 0.0169. The number of hydrogen-bond donors (Lipinski definition) is 0. The fraction of sp³-hybridized carbons (Fsp3) is 1.00. The van der Waals surface area contributed by atoms with Crippen LogP contribution in [0.5, 0.6) is 0 Å². The van der Waals surface area contributed by atoms with Crippen molar-refractivity contribution in [1.29, 1.82) is 0 Å². The summed E-state index contributed by atoms with van der Waals surface area (Å²) < 4.78 is 12.6. The predicted molar refractivity (Wildman–Crippen MR) is 125 cm³/mol. The minimum Gasteiger partial charge on any atom is -0.395 e. The molecule has 0 aromatic carbocycles. The lowest BCUT2D eigenvalue weighted by Crippen LogP contribution is -2.45. The molecule has 0 N–H and O–H groups in total. The van der Waals surface area contributed by atoms with Gasteiger partial charge in [-0.3, -0.25) is 0 Å². The second-order valence-electron chi connectivity index (χ2n) is 9.40. The molecule has 0 radical (unpaired) electrons. The summed E-state index contributed by atoms with van der Waals surface area (Å²) in [5, 5.41) is 0. The summed E-state index contributed by atoms with van der Waals surface area (Å²) in [5.41, 5.74) is 0.327. The third-order valence-electron chi connectivity index (χ3n) is 5.53. The van der Waals surface area contributed by atoms with Crippen LogP contribution < -0.4 is 0 Å². The zero-order valence-electron chi connectivity index (χ0n) is 20.6. The van der Waals surface area contributed by atoms with Gasteiger partial charge in [-0.1, -0.05) is 0 Å². The van der Waals surface area contributed by atoms with Crippen molar-refractivity contribution in [2.75, 3.05) is 75.1 Å². The maximum absolute atomic E-state index is 6.29. The first-order valence-electron chi connectivity index (χ1n) is 11.3. The Balaban J connectivity index is 5.46. The topological polar surface area (TPSA) is 28.2 Å². The zero-order chi connectivity index (χ0) is 21.6. The Labute approximate surface area is 178 Å². The van der Waals surface area contributed by atoms with Crippen LogP contribution in [0, 0.1) is 5.41 Å². The molecule has 170 valence electrons. The molecule has 0 fully saturated rings. The van der Waals surface area contributed by atoms with E-state index in [-0.39, 0.29) is 0 Å². The molecule has 0 heterocycles. The summed E-state index contributed by atoms with van der Waals surface area (Å²) in [7, 11) is 10.9. The quantitative estimate of drug-likeness (QED) is 0.313. The average Bonchev–Trinajstić information content (AvgIpc) is 2.53. The van der Waals surface area contributed by atoms with Crippen molar-refractivity contribution in [3.05, 3.63) is 0 Å². The molecule has 0 aliphatic heterocycles. The molecule has 0 saturated carbocycles. The highest BCUT2D eigenvalue weighted by Gasteiger charge is 2.42. The minimum absolute atomic E-state index is 0.327. The fourth-order valence-corrected chi connectivity index (χ4v) is 7.79. The van der Waals surface area contributed by atoms with Crippen LogP contribution in [0.15, 0.2) is 0 Å². The molecule has 0 amide bonds. The third-order valence-corrected chi connectivity index (χ3v) is 8.72. The molecule has 0 aromatic rings. The van der Waals surface area contributed by atoms with Crippen LogP contribution >= 0.6 is 0 Å². The van der Waals surface area contributed by atoms with Gasteiger partial charge in [-0.05, 0) is 132 Å². The molecule has 28 heavy (non-hydrogen) atoms. The van der Waals surface area contributed by atoms with Gasteiger partial charge in [0.2, 0.25) is 0 Å². The lowest BCUT2D eigenvalue weighted by Gasteiger charge is -2.41. The molecule has 0 spiro atoms. The van der Waals surface area contributed by atoms with Gasteiger partial charge in [0.25, 0.3) is 0 Å². The van der Waals surface area contributed by atoms with Crippen LogP contribution in [0.2, 0.25) is 12.6 Å². The monoisotopic (exact) mass is 417 g/mol. The van der Waals surface area contributed by atoms with Gasteiger partial charge in [-0.25, -0.2) is 0 Å². The van der Waals surface area contributed by atoms with E-state index in [0.717, 1.165) is 38.9 Å². The van der Waals surface area contributed by atoms with Crippen LogP contribution in [-0.2, 0) is 8.85 Å². The SMILES string of the molecule is CCO[Si](C)(CC(CCCN(C)C)(CCCN(C)C)CCCN(C)C)OCC. The minimum atomic E-state index is -2.16. The molecule has 0 aliphatic carbocycles. The third kappa shape index (κ3) is 13.3. The average molecular weight is 418 g/mol. The second-order valence-corrected chi connectivity index (χ2v) is 12.6.